The quantitative estimate of drug-likeness (QED) is 0.729. The molecule has 0 spiro atoms. The van der Waals surface area contributed by atoms with Crippen molar-refractivity contribution in [3.63, 3.8) is 0 Å². The third kappa shape index (κ3) is 8.27. The zero-order valence-electron chi connectivity index (χ0n) is 9.45. The van der Waals surface area contributed by atoms with Crippen molar-refractivity contribution < 1.29 is 10.2 Å². The molecule has 0 aliphatic carbocycles. The van der Waals surface area contributed by atoms with Crippen molar-refractivity contribution in [2.45, 2.75) is 20.8 Å². The Bertz CT molecular complexity index is 265. The molecule has 0 heterocycles. The molecule has 4 heteroatoms. The van der Waals surface area contributed by atoms with Gasteiger partial charge in [-0.3, -0.25) is 0 Å². The van der Waals surface area contributed by atoms with Gasteiger partial charge >= 0.3 is 0 Å². The minimum absolute atomic E-state index is 0. The summed E-state index contributed by atoms with van der Waals surface area (Å²) in [5, 5.41) is 20.9. The number of phenols is 2. The molecule has 0 aliphatic rings. The molecule has 0 fully saturated rings. The highest BCUT2D eigenvalue weighted by Gasteiger charge is 1.93. The van der Waals surface area contributed by atoms with Crippen LogP contribution in [0.3, 0.4) is 0 Å². The van der Waals surface area contributed by atoms with Gasteiger partial charge < -0.3 is 15.5 Å². The molecule has 3 nitrogen and oxygen atoms in total. The third-order valence-corrected chi connectivity index (χ3v) is 1.68. The predicted molar refractivity (Wildman–Crippen MR) is 69.0 cm³/mol. The summed E-state index contributed by atoms with van der Waals surface area (Å²) in [5.41, 5.74) is 0.690. The lowest BCUT2D eigenvalue weighted by Crippen LogP contribution is -2.09. The van der Waals surface area contributed by atoms with Crippen molar-refractivity contribution in [3.8, 4) is 11.5 Å². The van der Waals surface area contributed by atoms with E-state index in [1.807, 2.05) is 0 Å². The highest BCUT2D eigenvalue weighted by Crippen LogP contribution is 2.19. The third-order valence-electron chi connectivity index (χ3n) is 1.68. The number of aryl methyl sites for hydroxylation is 1. The highest BCUT2D eigenvalue weighted by molar-refractivity contribution is 8.93. The Hall–Kier alpha value is -0.740. The van der Waals surface area contributed by atoms with E-state index in [-0.39, 0.29) is 28.5 Å². The first-order valence-corrected chi connectivity index (χ1v) is 4.81. The van der Waals surface area contributed by atoms with Gasteiger partial charge in [0.15, 0.2) is 0 Å². The van der Waals surface area contributed by atoms with Gasteiger partial charge in [0.1, 0.15) is 11.5 Å². The van der Waals surface area contributed by atoms with Gasteiger partial charge in [0.05, 0.1) is 0 Å². The number of phenolic OH excluding ortho intramolecular Hbond substituents is 2. The average molecular weight is 278 g/mol. The van der Waals surface area contributed by atoms with E-state index in [9.17, 15) is 0 Å². The Labute approximate surface area is 102 Å². The highest BCUT2D eigenvalue weighted by atomic mass is 79.9. The number of aromatic hydroxyl groups is 2. The molecule has 1 aromatic rings. The SMILES string of the molecule is Br.CCNCC.Cc1cc(O)ccc1O. The summed E-state index contributed by atoms with van der Waals surface area (Å²) in [4.78, 5) is 0. The molecule has 88 valence electrons. The molecule has 0 aromatic heterocycles. The molecule has 0 saturated heterocycles. The van der Waals surface area contributed by atoms with Crippen LogP contribution in [0.2, 0.25) is 0 Å². The molecular weight excluding hydrogens is 258 g/mol. The Kier molecular flexibility index (Phi) is 10.9. The lowest BCUT2D eigenvalue weighted by atomic mass is 10.2. The van der Waals surface area contributed by atoms with Crippen molar-refractivity contribution in [3.05, 3.63) is 23.8 Å². The molecule has 0 radical (unpaired) electrons. The fraction of sp³-hybridized carbons (Fsp3) is 0.455. The summed E-state index contributed by atoms with van der Waals surface area (Å²) in [6, 6.07) is 4.42. The number of rotatable bonds is 2. The van der Waals surface area contributed by atoms with Crippen LogP contribution in [0.5, 0.6) is 11.5 Å². The van der Waals surface area contributed by atoms with Crippen molar-refractivity contribution in [1.29, 1.82) is 0 Å². The van der Waals surface area contributed by atoms with Gasteiger partial charge in [0, 0.05) is 0 Å². The molecule has 0 unspecified atom stereocenters. The summed E-state index contributed by atoms with van der Waals surface area (Å²) in [5.74, 6) is 0.401. The maximum absolute atomic E-state index is 8.93. The Morgan fingerprint density at radius 1 is 1.13 bits per heavy atom. The number of hydrogen-bond acceptors (Lipinski definition) is 3. The van der Waals surface area contributed by atoms with Crippen LogP contribution in [0.15, 0.2) is 18.2 Å². The average Bonchev–Trinajstić information content (AvgIpc) is 2.14. The molecular formula is C11H20BrNO2. The second-order valence-corrected chi connectivity index (χ2v) is 2.93. The number of nitrogens with one attached hydrogen (secondary N) is 1. The zero-order valence-corrected chi connectivity index (χ0v) is 11.2. The van der Waals surface area contributed by atoms with Crippen LogP contribution >= 0.6 is 17.0 Å². The normalized spacial score (nSPS) is 8.47. The van der Waals surface area contributed by atoms with E-state index in [2.05, 4.69) is 19.2 Å². The maximum atomic E-state index is 8.93. The number of benzene rings is 1. The van der Waals surface area contributed by atoms with Crippen molar-refractivity contribution in [2.75, 3.05) is 13.1 Å². The number of hydrogen-bond donors (Lipinski definition) is 3. The summed E-state index contributed by atoms with van der Waals surface area (Å²) >= 11 is 0. The van der Waals surface area contributed by atoms with Crippen LogP contribution in [0.25, 0.3) is 0 Å². The van der Waals surface area contributed by atoms with Gasteiger partial charge in [-0.1, -0.05) is 13.8 Å². The minimum Gasteiger partial charge on any atom is -0.508 e. The van der Waals surface area contributed by atoms with Crippen molar-refractivity contribution in [2.24, 2.45) is 0 Å². The van der Waals surface area contributed by atoms with E-state index < -0.39 is 0 Å². The maximum Gasteiger partial charge on any atom is 0.118 e. The summed E-state index contributed by atoms with van der Waals surface area (Å²) < 4.78 is 0. The van der Waals surface area contributed by atoms with Crippen molar-refractivity contribution in [1.82, 2.24) is 5.32 Å². The fourth-order valence-electron chi connectivity index (χ4n) is 0.890. The smallest absolute Gasteiger partial charge is 0.118 e. The van der Waals surface area contributed by atoms with E-state index in [0.717, 1.165) is 13.1 Å². The van der Waals surface area contributed by atoms with Crippen LogP contribution in [-0.2, 0) is 0 Å². The largest absolute Gasteiger partial charge is 0.508 e. The van der Waals surface area contributed by atoms with Crippen LogP contribution in [0.4, 0.5) is 0 Å². The first kappa shape index (κ1) is 16.7. The monoisotopic (exact) mass is 277 g/mol. The molecule has 15 heavy (non-hydrogen) atoms. The van der Waals surface area contributed by atoms with Gasteiger partial charge in [-0.2, -0.15) is 0 Å². The summed E-state index contributed by atoms with van der Waals surface area (Å²) in [7, 11) is 0. The van der Waals surface area contributed by atoms with E-state index in [4.69, 9.17) is 10.2 Å². The lowest BCUT2D eigenvalue weighted by molar-refractivity contribution is 0.456. The van der Waals surface area contributed by atoms with E-state index in [1.165, 1.54) is 18.2 Å². The van der Waals surface area contributed by atoms with Crippen LogP contribution < -0.4 is 5.32 Å². The Morgan fingerprint density at radius 2 is 1.67 bits per heavy atom. The fourth-order valence-corrected chi connectivity index (χ4v) is 0.890. The predicted octanol–water partition coefficient (Wildman–Crippen LogP) is 2.60. The molecule has 3 N–H and O–H groups in total. The summed E-state index contributed by atoms with van der Waals surface area (Å²) in [6.07, 6.45) is 0. The Morgan fingerprint density at radius 3 is 1.93 bits per heavy atom. The van der Waals surface area contributed by atoms with Crippen LogP contribution in [-0.4, -0.2) is 23.3 Å². The van der Waals surface area contributed by atoms with E-state index in [1.54, 1.807) is 6.92 Å². The first-order valence-electron chi connectivity index (χ1n) is 4.81. The minimum atomic E-state index is 0. The van der Waals surface area contributed by atoms with E-state index >= 15 is 0 Å². The topological polar surface area (TPSA) is 52.5 Å². The molecule has 0 saturated carbocycles. The van der Waals surface area contributed by atoms with Gasteiger partial charge in [-0.05, 0) is 43.8 Å². The first-order chi connectivity index (χ1) is 6.61. The Balaban J connectivity index is 0. The zero-order chi connectivity index (χ0) is 11.0. The van der Waals surface area contributed by atoms with Gasteiger partial charge in [-0.15, -0.1) is 17.0 Å². The van der Waals surface area contributed by atoms with Crippen molar-refractivity contribution >= 4 is 17.0 Å². The molecule has 0 atom stereocenters. The van der Waals surface area contributed by atoms with Gasteiger partial charge in [0.25, 0.3) is 0 Å². The second-order valence-electron chi connectivity index (χ2n) is 2.93. The lowest BCUT2D eigenvalue weighted by Gasteiger charge is -1.96. The molecule has 1 aromatic carbocycles. The molecule has 1 rings (SSSR count). The van der Waals surface area contributed by atoms with Crippen LogP contribution in [0, 0.1) is 6.92 Å². The molecule has 0 bridgehead atoms. The molecule has 0 aliphatic heterocycles. The van der Waals surface area contributed by atoms with Gasteiger partial charge in [-0.25, -0.2) is 0 Å². The van der Waals surface area contributed by atoms with Gasteiger partial charge in [0.2, 0.25) is 0 Å². The standard InChI is InChI=1S/C7H8O2.C4H11N.BrH/c1-5-4-6(8)2-3-7(5)9;1-3-5-4-2;/h2-4,8-9H,1H3;5H,3-4H2,1-2H3;1H. The molecule has 0 amide bonds. The second kappa shape index (κ2) is 9.80. The number of halogens is 1. The van der Waals surface area contributed by atoms with Crippen LogP contribution in [0.1, 0.15) is 19.4 Å². The summed E-state index contributed by atoms with van der Waals surface area (Å²) in [6.45, 7) is 8.12. The van der Waals surface area contributed by atoms with E-state index in [0.29, 0.717) is 5.56 Å².